The zero-order valence-corrected chi connectivity index (χ0v) is 33.5. The van der Waals surface area contributed by atoms with E-state index in [0.29, 0.717) is 49.3 Å². The molecule has 1 spiro atoms. The molecule has 3 atom stereocenters. The Hall–Kier alpha value is -4.12. The summed E-state index contributed by atoms with van der Waals surface area (Å²) in [6, 6.07) is 6.29. The van der Waals surface area contributed by atoms with Crippen LogP contribution in [0.3, 0.4) is 0 Å². The number of aromatic nitrogens is 3. The van der Waals surface area contributed by atoms with Crippen LogP contribution in [0.4, 0.5) is 14.6 Å². The molecule has 0 amide bonds. The van der Waals surface area contributed by atoms with Gasteiger partial charge in [-0.2, -0.15) is 9.97 Å². The maximum Gasteiger partial charge on any atom is 0.319 e. The topological polar surface area (TPSA) is 121 Å². The zero-order valence-electron chi connectivity index (χ0n) is 32.7. The minimum atomic E-state index is -1.01. The number of fused-ring (bicyclic) bond motifs is 3. The Labute approximate surface area is 329 Å². The Bertz CT molecular complexity index is 2250. The Morgan fingerprint density at radius 3 is 2.50 bits per heavy atom. The van der Waals surface area contributed by atoms with Crippen LogP contribution in [0.1, 0.15) is 84.1 Å². The van der Waals surface area contributed by atoms with Gasteiger partial charge in [0.25, 0.3) is 0 Å². The molecule has 3 aliphatic heterocycles. The number of halogens is 2. The summed E-state index contributed by atoms with van der Waals surface area (Å²) in [5.41, 5.74) is -1.18. The summed E-state index contributed by atoms with van der Waals surface area (Å²) in [5, 5.41) is 22.7. The van der Waals surface area contributed by atoms with Crippen LogP contribution in [-0.2, 0) is 10.8 Å². The number of aliphatic hydroxyl groups is 1. The molecule has 5 fully saturated rings. The first-order valence-electron chi connectivity index (χ1n) is 20.0. The van der Waals surface area contributed by atoms with Gasteiger partial charge >= 0.3 is 6.01 Å². The fourth-order valence-corrected chi connectivity index (χ4v) is 12.3. The summed E-state index contributed by atoms with van der Waals surface area (Å²) >= 11 is 0. The van der Waals surface area contributed by atoms with Crippen LogP contribution in [0, 0.1) is 34.8 Å². The Kier molecular flexibility index (Phi) is 10.2. The van der Waals surface area contributed by atoms with E-state index in [1.807, 2.05) is 18.7 Å². The molecule has 9 rings (SSSR count). The van der Waals surface area contributed by atoms with Gasteiger partial charge in [0.05, 0.1) is 24.9 Å². The lowest BCUT2D eigenvalue weighted by Crippen LogP contribution is -2.65. The van der Waals surface area contributed by atoms with Crippen molar-refractivity contribution in [2.24, 2.45) is 10.8 Å². The number of likely N-dealkylation sites (tertiary alicyclic amines) is 1. The molecule has 2 aromatic carbocycles. The number of rotatable bonds is 7. The van der Waals surface area contributed by atoms with Crippen molar-refractivity contribution in [3.05, 3.63) is 41.5 Å². The van der Waals surface area contributed by atoms with Crippen LogP contribution in [0.5, 0.6) is 17.6 Å². The molecular weight excluding hydrogens is 737 g/mol. The number of β-amino-alcohol motifs (C(OH)–C–C–N with tert-alkyl or cyclic N) is 1. The second-order valence-corrected chi connectivity index (χ2v) is 18.2. The molecule has 5 aliphatic rings. The molecule has 2 aromatic heterocycles. The fraction of sp³-hybridized carbons (Fsp3) is 0.558. The maximum absolute atomic E-state index is 17.3. The van der Waals surface area contributed by atoms with Crippen molar-refractivity contribution in [1.29, 1.82) is 0 Å². The molecule has 5 heterocycles. The van der Waals surface area contributed by atoms with E-state index < -0.39 is 28.0 Å². The summed E-state index contributed by atoms with van der Waals surface area (Å²) in [7, 11) is 0.761. The quantitative estimate of drug-likeness (QED) is 0.188. The van der Waals surface area contributed by atoms with Crippen LogP contribution < -0.4 is 14.4 Å². The van der Waals surface area contributed by atoms with Crippen molar-refractivity contribution in [1.82, 2.24) is 19.9 Å². The van der Waals surface area contributed by atoms with Crippen molar-refractivity contribution >= 4 is 38.3 Å². The van der Waals surface area contributed by atoms with E-state index in [1.165, 1.54) is 31.4 Å². The highest BCUT2D eigenvalue weighted by Gasteiger charge is 2.58. The van der Waals surface area contributed by atoms with E-state index in [2.05, 4.69) is 15.8 Å². The molecule has 2 saturated carbocycles. The minimum Gasteiger partial charge on any atom is -0.508 e. The van der Waals surface area contributed by atoms with E-state index >= 15 is 8.78 Å². The van der Waals surface area contributed by atoms with Crippen molar-refractivity contribution in [3.63, 3.8) is 0 Å². The van der Waals surface area contributed by atoms with Gasteiger partial charge in [0, 0.05) is 63.8 Å². The number of hydrogen-bond acceptors (Lipinski definition) is 10. The highest BCUT2D eigenvalue weighted by atomic mass is 32.2. The number of phenolic OH excluding ortho intramolecular Hbond substituents is 1. The first-order chi connectivity index (χ1) is 26.9. The van der Waals surface area contributed by atoms with Crippen molar-refractivity contribution in [2.45, 2.75) is 96.2 Å². The number of hydrogen-bond donors (Lipinski definition) is 2. The van der Waals surface area contributed by atoms with Crippen molar-refractivity contribution < 1.29 is 32.7 Å². The standard InChI is InChI=1S/C41H45F2N5O5S.C2H6/c1-4-27-29(42)10-9-24-16-26(49)17-28(31(24)27)34-33(43)35-32(37(44-34)52-3)36(47-14-6-11-39(2,50)20-47)46-38(45-35)53-21-41-12-5-8-30(41)48(15-7-13-41)25-18-40(19-25)22-54(51)23-40;1-2/h1,9-10,16-17,25,30,49-50H,5-8,11-15,18-23H2,2-3H3;1-2H3. The van der Waals surface area contributed by atoms with Crippen LogP contribution in [0.25, 0.3) is 32.9 Å². The van der Waals surface area contributed by atoms with Gasteiger partial charge in [-0.15, -0.1) is 6.42 Å². The lowest BCUT2D eigenvalue weighted by atomic mass is 9.64. The average molecular weight is 788 g/mol. The largest absolute Gasteiger partial charge is 0.508 e. The summed E-state index contributed by atoms with van der Waals surface area (Å²) in [5.74, 6) is 2.75. The molecule has 2 N–H and O–H groups in total. The third-order valence-electron chi connectivity index (χ3n) is 12.9. The van der Waals surface area contributed by atoms with Crippen LogP contribution >= 0.6 is 0 Å². The first-order valence-corrected chi connectivity index (χ1v) is 21.5. The number of benzene rings is 2. The summed E-state index contributed by atoms with van der Waals surface area (Å²) in [6.07, 6.45) is 14.5. The average Bonchev–Trinajstić information content (AvgIpc) is 3.60. The maximum atomic E-state index is 17.3. The number of pyridine rings is 1. The predicted molar refractivity (Wildman–Crippen MR) is 215 cm³/mol. The van der Waals surface area contributed by atoms with Gasteiger partial charge in [-0.25, -0.2) is 13.8 Å². The molecule has 10 nitrogen and oxygen atoms in total. The second-order valence-electron chi connectivity index (χ2n) is 16.7. The molecule has 298 valence electrons. The monoisotopic (exact) mass is 787 g/mol. The van der Waals surface area contributed by atoms with Crippen LogP contribution in [0.2, 0.25) is 0 Å². The summed E-state index contributed by atoms with van der Waals surface area (Å²) < 4.78 is 56.7. The number of methoxy groups -OCH3 is 1. The third-order valence-corrected chi connectivity index (χ3v) is 14.8. The van der Waals surface area contributed by atoms with Gasteiger partial charge in [-0.3, -0.25) is 9.11 Å². The van der Waals surface area contributed by atoms with E-state index in [4.69, 9.17) is 25.9 Å². The number of terminal acetylenes is 1. The predicted octanol–water partition coefficient (Wildman–Crippen LogP) is 7.12. The van der Waals surface area contributed by atoms with Crippen LogP contribution in [-0.4, -0.2) is 96.8 Å². The van der Waals surface area contributed by atoms with Gasteiger partial charge < -0.3 is 24.6 Å². The molecular formula is C43H51F2N5O5S. The normalized spacial score (nSPS) is 29.9. The van der Waals surface area contributed by atoms with Crippen molar-refractivity contribution in [2.75, 3.05) is 49.8 Å². The number of phenols is 1. The lowest BCUT2D eigenvalue weighted by Gasteiger charge is -2.60. The van der Waals surface area contributed by atoms with Gasteiger partial charge in [0.1, 0.15) is 34.0 Å². The molecule has 2 aliphatic carbocycles. The Balaban J connectivity index is 0.00000217. The van der Waals surface area contributed by atoms with Gasteiger partial charge in [-0.1, -0.05) is 32.3 Å². The molecule has 4 aromatic rings. The van der Waals surface area contributed by atoms with E-state index in [0.717, 1.165) is 63.0 Å². The van der Waals surface area contributed by atoms with Crippen molar-refractivity contribution in [3.8, 4) is 41.2 Å². The first kappa shape index (κ1) is 38.7. The van der Waals surface area contributed by atoms with Gasteiger partial charge in [0.2, 0.25) is 5.88 Å². The molecule has 13 heteroatoms. The van der Waals surface area contributed by atoms with Crippen LogP contribution in [0.15, 0.2) is 24.3 Å². The van der Waals surface area contributed by atoms with E-state index in [9.17, 15) is 14.4 Å². The molecule has 3 unspecified atom stereocenters. The highest BCUT2D eigenvalue weighted by molar-refractivity contribution is 7.86. The number of aromatic hydroxyl groups is 1. The van der Waals surface area contributed by atoms with E-state index in [1.54, 1.807) is 6.92 Å². The van der Waals surface area contributed by atoms with E-state index in [-0.39, 0.29) is 68.1 Å². The lowest BCUT2D eigenvalue weighted by molar-refractivity contribution is -0.0719. The smallest absolute Gasteiger partial charge is 0.319 e. The SMILES string of the molecule is C#Cc1c(F)ccc2cc(O)cc(-c3nc(OC)c4c(N5CCCC(C)(O)C5)nc(OCC56CCCC5N(C5CC7(C5)CS(=O)C7)CCC6)nc4c3F)c12.CC. The second kappa shape index (κ2) is 14.7. The summed E-state index contributed by atoms with van der Waals surface area (Å²) in [4.78, 5) is 18.8. The molecule has 3 saturated heterocycles. The van der Waals surface area contributed by atoms with Gasteiger partial charge in [0.15, 0.2) is 5.82 Å². The zero-order chi connectivity index (χ0) is 39.6. The minimum absolute atomic E-state index is 0.00800. The molecule has 56 heavy (non-hydrogen) atoms. The highest BCUT2D eigenvalue weighted by Crippen LogP contribution is 2.55. The van der Waals surface area contributed by atoms with Gasteiger partial charge in [-0.05, 0) is 93.8 Å². The summed E-state index contributed by atoms with van der Waals surface area (Å²) in [6.45, 7) is 7.99. The number of anilines is 1. The number of piperidine rings is 2. The fourth-order valence-electron chi connectivity index (χ4n) is 10.5. The number of ether oxygens (including phenoxy) is 2. The third kappa shape index (κ3) is 6.55. The Morgan fingerprint density at radius 2 is 1.79 bits per heavy atom. The Morgan fingerprint density at radius 1 is 1.04 bits per heavy atom. The molecule has 0 radical (unpaired) electrons. The molecule has 0 bridgehead atoms. The number of nitrogens with zero attached hydrogens (tertiary/aromatic N) is 5.